The Labute approximate surface area is 177 Å². The fourth-order valence-electron chi connectivity index (χ4n) is 2.81. The van der Waals surface area contributed by atoms with Gasteiger partial charge in [-0.1, -0.05) is 35.9 Å². The average molecular weight is 438 g/mol. The van der Waals surface area contributed by atoms with Crippen LogP contribution in [0.3, 0.4) is 0 Å². The smallest absolute Gasteiger partial charge is 0.416 e. The summed E-state index contributed by atoms with van der Waals surface area (Å²) >= 11 is 0. The van der Waals surface area contributed by atoms with Crippen molar-refractivity contribution in [2.24, 2.45) is 0 Å². The Bertz CT molecular complexity index is 986. The number of carboxylic acid groups (broad SMARTS) is 1. The van der Waals surface area contributed by atoms with E-state index < -0.39 is 30.1 Å². The molecule has 8 heteroatoms. The van der Waals surface area contributed by atoms with Crippen LogP contribution in [0.5, 0.6) is 11.5 Å². The third-order valence-electron chi connectivity index (χ3n) is 4.35. The summed E-state index contributed by atoms with van der Waals surface area (Å²) in [6, 6.07) is 5.67. The molecule has 166 valence electrons. The number of phenols is 1. The number of benzene rings is 2. The molecule has 0 spiro atoms. The summed E-state index contributed by atoms with van der Waals surface area (Å²) in [5.41, 5.74) is 0.410. The number of aromatic carboxylic acids is 1. The zero-order valence-corrected chi connectivity index (χ0v) is 17.0. The van der Waals surface area contributed by atoms with Crippen molar-refractivity contribution >= 4 is 18.1 Å². The Hall–Kier alpha value is -3.29. The van der Waals surface area contributed by atoms with Gasteiger partial charge >= 0.3 is 12.1 Å². The van der Waals surface area contributed by atoms with E-state index >= 15 is 0 Å². The molecule has 0 aromatic heterocycles. The summed E-state index contributed by atoms with van der Waals surface area (Å²) < 4.78 is 56.1. The summed E-state index contributed by atoms with van der Waals surface area (Å²) in [5, 5.41) is 20.2. The zero-order chi connectivity index (χ0) is 23.2. The molecule has 0 amide bonds. The molecule has 0 aliphatic carbocycles. The summed E-state index contributed by atoms with van der Waals surface area (Å²) in [6.07, 6.45) is 0.239. The van der Waals surface area contributed by atoms with E-state index in [1.165, 1.54) is 30.4 Å². The van der Waals surface area contributed by atoms with Crippen LogP contribution in [0.4, 0.5) is 17.6 Å². The van der Waals surface area contributed by atoms with Crippen LogP contribution in [0.15, 0.2) is 42.0 Å². The highest BCUT2D eigenvalue weighted by molar-refractivity contribution is 5.97. The molecule has 0 atom stereocenters. The van der Waals surface area contributed by atoms with Gasteiger partial charge in [-0.2, -0.15) is 13.2 Å². The second kappa shape index (κ2) is 10.1. The van der Waals surface area contributed by atoms with Crippen LogP contribution in [-0.4, -0.2) is 29.5 Å². The maximum Gasteiger partial charge on any atom is 0.416 e. The van der Waals surface area contributed by atoms with Crippen LogP contribution in [0.25, 0.3) is 12.2 Å². The summed E-state index contributed by atoms with van der Waals surface area (Å²) in [6.45, 7) is 2.60. The number of hydrogen-bond acceptors (Lipinski definition) is 3. The van der Waals surface area contributed by atoms with E-state index in [1.807, 2.05) is 13.8 Å². The minimum atomic E-state index is -4.46. The Kier molecular flexibility index (Phi) is 7.85. The number of hydrogen-bond donors (Lipinski definition) is 2. The van der Waals surface area contributed by atoms with Crippen molar-refractivity contribution in [3.8, 4) is 11.5 Å². The third-order valence-corrected chi connectivity index (χ3v) is 4.35. The van der Waals surface area contributed by atoms with E-state index in [0.29, 0.717) is 5.56 Å². The lowest BCUT2D eigenvalue weighted by atomic mass is 9.97. The highest BCUT2D eigenvalue weighted by Crippen LogP contribution is 2.36. The highest BCUT2D eigenvalue weighted by Gasteiger charge is 2.29. The van der Waals surface area contributed by atoms with Crippen molar-refractivity contribution < 1.29 is 37.3 Å². The van der Waals surface area contributed by atoms with Crippen LogP contribution >= 0.6 is 0 Å². The molecular formula is C23H22F4O4. The molecule has 0 saturated carbocycles. The van der Waals surface area contributed by atoms with Gasteiger partial charge < -0.3 is 14.9 Å². The molecule has 0 radical (unpaired) electrons. The number of alkyl halides is 4. The fourth-order valence-corrected chi connectivity index (χ4v) is 2.81. The number of ether oxygens (including phenoxy) is 1. The molecule has 0 fully saturated rings. The monoisotopic (exact) mass is 438 g/mol. The standard InChI is InChI=1S/C23H22F4O4/c1-14(2)3-10-18-19(31-12-11-24)13-16(20(21(18)28)22(29)30)7-4-15-5-8-17(9-6-15)23(25,26)27/h3-9,13,28H,10-12H2,1-2H3,(H,29,30)/b7-4+. The molecule has 4 nitrogen and oxygen atoms in total. The first-order valence-electron chi connectivity index (χ1n) is 9.34. The number of aromatic hydroxyl groups is 1. The van der Waals surface area contributed by atoms with Crippen LogP contribution in [0.1, 0.15) is 46.5 Å². The van der Waals surface area contributed by atoms with Gasteiger partial charge in [-0.05, 0) is 49.6 Å². The molecule has 2 aromatic rings. The first kappa shape index (κ1) is 24.0. The lowest BCUT2D eigenvalue weighted by Gasteiger charge is -2.15. The molecule has 0 saturated heterocycles. The van der Waals surface area contributed by atoms with Crippen molar-refractivity contribution in [2.45, 2.75) is 26.4 Å². The van der Waals surface area contributed by atoms with Crippen molar-refractivity contribution in [3.05, 3.63) is 69.8 Å². The quantitative estimate of drug-likeness (QED) is 0.295. The molecule has 2 aromatic carbocycles. The molecular weight excluding hydrogens is 416 g/mol. The predicted octanol–water partition coefficient (Wildman–Crippen LogP) is 6.14. The van der Waals surface area contributed by atoms with Gasteiger partial charge in [0.2, 0.25) is 0 Å². The molecule has 0 bridgehead atoms. The van der Waals surface area contributed by atoms with Gasteiger partial charge in [0.25, 0.3) is 0 Å². The van der Waals surface area contributed by atoms with Crippen LogP contribution in [0.2, 0.25) is 0 Å². The first-order chi connectivity index (χ1) is 14.5. The molecule has 31 heavy (non-hydrogen) atoms. The Morgan fingerprint density at radius 1 is 1.13 bits per heavy atom. The zero-order valence-electron chi connectivity index (χ0n) is 17.0. The lowest BCUT2D eigenvalue weighted by molar-refractivity contribution is -0.137. The van der Waals surface area contributed by atoms with Crippen LogP contribution in [0, 0.1) is 0 Å². The fraction of sp³-hybridized carbons (Fsp3) is 0.261. The number of allylic oxidation sites excluding steroid dienone is 2. The van der Waals surface area contributed by atoms with E-state index in [1.54, 1.807) is 6.08 Å². The normalized spacial score (nSPS) is 11.5. The van der Waals surface area contributed by atoms with Gasteiger partial charge in [-0.25, -0.2) is 9.18 Å². The van der Waals surface area contributed by atoms with Gasteiger partial charge in [0.15, 0.2) is 0 Å². The van der Waals surface area contributed by atoms with E-state index in [9.17, 15) is 32.6 Å². The number of carbonyl (C=O) groups is 1. The van der Waals surface area contributed by atoms with Crippen LogP contribution in [-0.2, 0) is 12.6 Å². The maximum absolute atomic E-state index is 12.7. The largest absolute Gasteiger partial charge is 0.507 e. The third kappa shape index (κ3) is 6.34. The molecule has 0 unspecified atom stereocenters. The summed E-state index contributed by atoms with van der Waals surface area (Å²) in [4.78, 5) is 11.8. The maximum atomic E-state index is 12.7. The van der Waals surface area contributed by atoms with E-state index in [4.69, 9.17) is 4.74 Å². The number of carboxylic acids is 1. The molecule has 0 aliphatic rings. The van der Waals surface area contributed by atoms with E-state index in [2.05, 4.69) is 0 Å². The minimum Gasteiger partial charge on any atom is -0.507 e. The van der Waals surface area contributed by atoms with Crippen molar-refractivity contribution in [1.29, 1.82) is 0 Å². The summed E-state index contributed by atoms with van der Waals surface area (Å²) in [5.74, 6) is -1.77. The van der Waals surface area contributed by atoms with Crippen molar-refractivity contribution in [3.63, 3.8) is 0 Å². The topological polar surface area (TPSA) is 66.8 Å². The van der Waals surface area contributed by atoms with Gasteiger partial charge in [-0.15, -0.1) is 0 Å². The van der Waals surface area contributed by atoms with Gasteiger partial charge in [0.1, 0.15) is 30.3 Å². The van der Waals surface area contributed by atoms with Gasteiger partial charge in [-0.3, -0.25) is 0 Å². The second-order valence-corrected chi connectivity index (χ2v) is 6.95. The van der Waals surface area contributed by atoms with Crippen LogP contribution < -0.4 is 4.74 Å². The Balaban J connectivity index is 2.52. The van der Waals surface area contributed by atoms with Gasteiger partial charge in [0.05, 0.1) is 5.56 Å². The Morgan fingerprint density at radius 2 is 1.77 bits per heavy atom. The van der Waals surface area contributed by atoms with Crippen molar-refractivity contribution in [2.75, 3.05) is 13.3 Å². The lowest BCUT2D eigenvalue weighted by Crippen LogP contribution is -2.07. The molecule has 0 heterocycles. The molecule has 2 rings (SSSR count). The SMILES string of the molecule is CC(C)=CCc1c(OCCF)cc(/C=C/c2ccc(C(F)(F)F)cc2)c(C(=O)O)c1O. The summed E-state index contributed by atoms with van der Waals surface area (Å²) in [7, 11) is 0. The Morgan fingerprint density at radius 3 is 2.29 bits per heavy atom. The first-order valence-corrected chi connectivity index (χ1v) is 9.34. The molecule has 0 aliphatic heterocycles. The van der Waals surface area contributed by atoms with E-state index in [0.717, 1.165) is 17.7 Å². The predicted molar refractivity (Wildman–Crippen MR) is 110 cm³/mol. The second-order valence-electron chi connectivity index (χ2n) is 6.95. The van der Waals surface area contributed by atoms with Crippen molar-refractivity contribution in [1.82, 2.24) is 0 Å². The highest BCUT2D eigenvalue weighted by atomic mass is 19.4. The molecule has 2 N–H and O–H groups in total. The number of rotatable bonds is 8. The van der Waals surface area contributed by atoms with Gasteiger partial charge in [0, 0.05) is 5.56 Å². The van der Waals surface area contributed by atoms with E-state index in [-0.39, 0.29) is 35.5 Å². The number of halogens is 4. The average Bonchev–Trinajstić information content (AvgIpc) is 2.68. The minimum absolute atomic E-state index is 0.0692.